The average Bonchev–Trinajstić information content (AvgIpc) is 2.68. The van der Waals surface area contributed by atoms with Gasteiger partial charge in [-0.1, -0.05) is 35.3 Å². The van der Waals surface area contributed by atoms with Crippen LogP contribution in [-0.2, 0) is 0 Å². The lowest BCUT2D eigenvalue weighted by Crippen LogP contribution is -1.99. The lowest BCUT2D eigenvalue weighted by atomic mass is 10.0. The minimum absolute atomic E-state index is 0.398. The second-order valence-electron chi connectivity index (χ2n) is 3.22. The lowest BCUT2D eigenvalue weighted by Gasteiger charge is -2.12. The van der Waals surface area contributed by atoms with Gasteiger partial charge in [-0.2, -0.15) is 11.3 Å². The van der Waals surface area contributed by atoms with Gasteiger partial charge in [-0.15, -0.1) is 0 Å². The molecule has 0 spiro atoms. The van der Waals surface area contributed by atoms with Crippen molar-refractivity contribution in [3.8, 4) is 0 Å². The van der Waals surface area contributed by atoms with Crippen LogP contribution in [0.3, 0.4) is 0 Å². The average molecular weight is 338 g/mol. The number of thiophene rings is 1. The minimum atomic E-state index is -0.758. The predicted octanol–water partition coefficient (Wildman–Crippen LogP) is 4.90. The number of hydrogen-bond acceptors (Lipinski definition) is 2. The van der Waals surface area contributed by atoms with Gasteiger partial charge in [0.05, 0.1) is 10.0 Å². The zero-order valence-electron chi connectivity index (χ0n) is 7.95. The van der Waals surface area contributed by atoms with E-state index in [0.717, 1.165) is 10.0 Å². The summed E-state index contributed by atoms with van der Waals surface area (Å²) in [5.41, 5.74) is 1.42. The molecule has 0 aliphatic carbocycles. The first-order valence-corrected chi connectivity index (χ1v) is 6.94. The van der Waals surface area contributed by atoms with Gasteiger partial charge in [-0.3, -0.25) is 0 Å². The van der Waals surface area contributed by atoms with Crippen LogP contribution >= 0.6 is 50.5 Å². The van der Waals surface area contributed by atoms with Gasteiger partial charge in [-0.05, 0) is 27.4 Å². The molecule has 1 aromatic heterocycles. The maximum atomic E-state index is 10.2. The highest BCUT2D eigenvalue weighted by atomic mass is 79.9. The number of aliphatic hydroxyl groups excluding tert-OH is 1. The van der Waals surface area contributed by atoms with Crippen molar-refractivity contribution < 1.29 is 5.11 Å². The van der Waals surface area contributed by atoms with Crippen molar-refractivity contribution in [2.75, 3.05) is 0 Å². The fourth-order valence-corrected chi connectivity index (χ4v) is 3.33. The quantitative estimate of drug-likeness (QED) is 0.826. The molecule has 2 aromatic rings. The highest BCUT2D eigenvalue weighted by Crippen LogP contribution is 2.36. The molecular weight excluding hydrogens is 331 g/mol. The first kappa shape index (κ1) is 12.4. The van der Waals surface area contributed by atoms with Crippen molar-refractivity contribution in [1.29, 1.82) is 0 Å². The second-order valence-corrected chi connectivity index (χ2v) is 5.60. The maximum absolute atomic E-state index is 10.2. The molecule has 84 valence electrons. The van der Waals surface area contributed by atoms with E-state index < -0.39 is 6.10 Å². The third kappa shape index (κ3) is 2.29. The van der Waals surface area contributed by atoms with Crippen LogP contribution in [-0.4, -0.2) is 5.11 Å². The largest absolute Gasteiger partial charge is 0.384 e. The Morgan fingerprint density at radius 2 is 1.94 bits per heavy atom. The van der Waals surface area contributed by atoms with Crippen LogP contribution < -0.4 is 0 Å². The van der Waals surface area contributed by atoms with Gasteiger partial charge in [0.25, 0.3) is 0 Å². The molecule has 5 heteroatoms. The van der Waals surface area contributed by atoms with Gasteiger partial charge in [0, 0.05) is 21.0 Å². The van der Waals surface area contributed by atoms with Crippen LogP contribution in [0.25, 0.3) is 0 Å². The van der Waals surface area contributed by atoms with Crippen molar-refractivity contribution in [2.24, 2.45) is 0 Å². The molecule has 0 radical (unpaired) electrons. The van der Waals surface area contributed by atoms with Crippen LogP contribution in [0, 0.1) is 0 Å². The van der Waals surface area contributed by atoms with E-state index in [1.165, 1.54) is 11.3 Å². The Labute approximate surface area is 116 Å². The monoisotopic (exact) mass is 336 g/mol. The zero-order valence-corrected chi connectivity index (χ0v) is 11.9. The first-order valence-electron chi connectivity index (χ1n) is 4.45. The summed E-state index contributed by atoms with van der Waals surface area (Å²) < 4.78 is 0.876. The topological polar surface area (TPSA) is 20.2 Å². The zero-order chi connectivity index (χ0) is 11.7. The molecule has 1 heterocycles. The van der Waals surface area contributed by atoms with Crippen LogP contribution in [0.2, 0.25) is 10.0 Å². The molecule has 0 aliphatic rings. The van der Waals surface area contributed by atoms with Crippen molar-refractivity contribution in [3.05, 3.63) is 54.6 Å². The Morgan fingerprint density at radius 1 is 1.19 bits per heavy atom. The Bertz CT molecular complexity index is 512. The van der Waals surface area contributed by atoms with Crippen molar-refractivity contribution in [1.82, 2.24) is 0 Å². The number of benzene rings is 1. The molecule has 16 heavy (non-hydrogen) atoms. The first-order chi connectivity index (χ1) is 7.61. The summed E-state index contributed by atoms with van der Waals surface area (Å²) in [5.74, 6) is 0. The van der Waals surface area contributed by atoms with Crippen molar-refractivity contribution in [3.63, 3.8) is 0 Å². The summed E-state index contributed by atoms with van der Waals surface area (Å²) in [6, 6.07) is 5.23. The van der Waals surface area contributed by atoms with Gasteiger partial charge in [0.2, 0.25) is 0 Å². The minimum Gasteiger partial charge on any atom is -0.384 e. The molecule has 1 N–H and O–H groups in total. The molecule has 0 fully saturated rings. The van der Waals surface area contributed by atoms with Crippen LogP contribution in [0.5, 0.6) is 0 Å². The summed E-state index contributed by atoms with van der Waals surface area (Å²) in [5, 5.41) is 14.8. The summed E-state index contributed by atoms with van der Waals surface area (Å²) >= 11 is 16.9. The van der Waals surface area contributed by atoms with Crippen LogP contribution in [0.15, 0.2) is 33.4 Å². The normalized spacial score (nSPS) is 12.8. The fourth-order valence-electron chi connectivity index (χ4n) is 1.39. The van der Waals surface area contributed by atoms with Crippen molar-refractivity contribution >= 4 is 50.5 Å². The van der Waals surface area contributed by atoms with Gasteiger partial charge in [0.15, 0.2) is 0 Å². The molecule has 0 saturated heterocycles. The number of halogens is 3. The van der Waals surface area contributed by atoms with Gasteiger partial charge < -0.3 is 5.11 Å². The van der Waals surface area contributed by atoms with Crippen molar-refractivity contribution in [2.45, 2.75) is 6.10 Å². The molecule has 1 atom stereocenters. The molecule has 0 amide bonds. The molecule has 1 aromatic carbocycles. The second kappa shape index (κ2) is 5.07. The van der Waals surface area contributed by atoms with E-state index in [-0.39, 0.29) is 0 Å². The van der Waals surface area contributed by atoms with Crippen LogP contribution in [0.4, 0.5) is 0 Å². The van der Waals surface area contributed by atoms with Gasteiger partial charge >= 0.3 is 0 Å². The fraction of sp³-hybridized carbons (Fsp3) is 0.0909. The summed E-state index contributed by atoms with van der Waals surface area (Å²) in [4.78, 5) is 0. The number of hydrogen-bond donors (Lipinski definition) is 1. The van der Waals surface area contributed by atoms with E-state index in [1.54, 1.807) is 18.2 Å². The van der Waals surface area contributed by atoms with E-state index in [0.29, 0.717) is 15.6 Å². The third-order valence-electron chi connectivity index (χ3n) is 2.21. The molecule has 2 rings (SSSR count). The molecule has 1 nitrogen and oxygen atoms in total. The Balaban J connectivity index is 2.46. The SMILES string of the molecule is OC(c1cscc1Br)c1cccc(Cl)c1Cl. The molecule has 0 saturated carbocycles. The standard InChI is InChI=1S/C11H7BrCl2OS/c12-8-5-16-4-7(8)11(15)6-2-1-3-9(13)10(6)14/h1-5,11,15H. The van der Waals surface area contributed by atoms with E-state index in [9.17, 15) is 5.11 Å². The maximum Gasteiger partial charge on any atom is 0.107 e. The summed E-state index contributed by atoms with van der Waals surface area (Å²) in [7, 11) is 0. The lowest BCUT2D eigenvalue weighted by molar-refractivity contribution is 0.220. The summed E-state index contributed by atoms with van der Waals surface area (Å²) in [6.07, 6.45) is -0.758. The third-order valence-corrected chi connectivity index (χ3v) is 4.80. The predicted molar refractivity (Wildman–Crippen MR) is 72.5 cm³/mol. The Hall–Kier alpha value is -0.0600. The molecular formula is C11H7BrCl2OS. The van der Waals surface area contributed by atoms with Gasteiger partial charge in [-0.25, -0.2) is 0 Å². The van der Waals surface area contributed by atoms with E-state index in [4.69, 9.17) is 23.2 Å². The highest BCUT2D eigenvalue weighted by Gasteiger charge is 2.18. The number of rotatable bonds is 2. The molecule has 0 bridgehead atoms. The van der Waals surface area contributed by atoms with E-state index in [1.807, 2.05) is 10.8 Å². The highest BCUT2D eigenvalue weighted by molar-refractivity contribution is 9.10. The number of aliphatic hydroxyl groups is 1. The van der Waals surface area contributed by atoms with E-state index >= 15 is 0 Å². The Morgan fingerprint density at radius 3 is 2.56 bits per heavy atom. The summed E-state index contributed by atoms with van der Waals surface area (Å²) in [6.45, 7) is 0. The molecule has 0 aliphatic heterocycles. The molecule has 1 unspecified atom stereocenters. The van der Waals surface area contributed by atoms with Gasteiger partial charge in [0.1, 0.15) is 6.10 Å². The van der Waals surface area contributed by atoms with Crippen LogP contribution in [0.1, 0.15) is 17.2 Å². The van der Waals surface area contributed by atoms with E-state index in [2.05, 4.69) is 15.9 Å². The smallest absolute Gasteiger partial charge is 0.107 e. The Kier molecular flexibility index (Phi) is 3.93.